The molecule has 0 unspecified atom stereocenters. The van der Waals surface area contributed by atoms with Gasteiger partial charge in [-0.15, -0.1) is 0 Å². The Morgan fingerprint density at radius 3 is 2.00 bits per heavy atom. The van der Waals surface area contributed by atoms with Gasteiger partial charge in [-0.3, -0.25) is 0 Å². The second-order valence-electron chi connectivity index (χ2n) is 0.146. The molecule has 0 fully saturated rings. The minimum absolute atomic E-state index is 0. The zero-order chi connectivity index (χ0) is 3.41. The van der Waals surface area contributed by atoms with Gasteiger partial charge in [-0.25, -0.2) is 0 Å². The van der Waals surface area contributed by atoms with Crippen molar-refractivity contribution >= 4 is 0 Å². The molecule has 5 heavy (non-hydrogen) atoms. The Hall–Kier alpha value is 0.965. The number of hydrogen-bond acceptors (Lipinski definition) is 1. The Labute approximate surface area is 63.6 Å². The molecule has 0 atom stereocenters. The molecular formula is CAgHgNO. The van der Waals surface area contributed by atoms with Gasteiger partial charge in [0.25, 0.3) is 0 Å². The summed E-state index contributed by atoms with van der Waals surface area (Å²) < 4.78 is 3.64. The van der Waals surface area contributed by atoms with Crippen molar-refractivity contribution in [3.63, 3.8) is 0 Å². The van der Waals surface area contributed by atoms with E-state index >= 15 is 0 Å². The summed E-state index contributed by atoms with van der Waals surface area (Å²) in [4.78, 5) is 0. The largest absolute Gasteiger partial charge is 0 e. The predicted molar refractivity (Wildman–Crippen MR) is 7.69 cm³/mol. The van der Waals surface area contributed by atoms with Gasteiger partial charge < -0.3 is 0 Å². The maximum absolute atomic E-state index is 5.81. The molecule has 0 N–H and O–H groups in total. The zero-order valence-corrected chi connectivity index (χ0v) is 9.34. The van der Waals surface area contributed by atoms with Crippen molar-refractivity contribution in [2.75, 3.05) is 0 Å². The molecule has 0 aliphatic heterocycles. The van der Waals surface area contributed by atoms with Gasteiger partial charge in [0.1, 0.15) is 0 Å². The maximum atomic E-state index is 5.81. The number of hydrogen-bond donors (Lipinski definition) is 0. The fourth-order valence-corrected chi connectivity index (χ4v) is 0. The van der Waals surface area contributed by atoms with Crippen LogP contribution in [0.4, 0.5) is 0 Å². The van der Waals surface area contributed by atoms with Gasteiger partial charge >= 0.3 is 36.4 Å². The van der Waals surface area contributed by atoms with Crippen molar-refractivity contribution in [3.8, 4) is 0 Å². The molecular weight excluding hydrogens is 350 g/mol. The van der Waals surface area contributed by atoms with Crippen molar-refractivity contribution in [2.24, 2.45) is 0 Å². The summed E-state index contributed by atoms with van der Waals surface area (Å²) in [6.07, 6.45) is 0. The molecule has 0 bridgehead atoms. The Morgan fingerprint density at radius 1 is 1.80 bits per heavy atom. The monoisotopic (exact) mass is 351 g/mol. The minimum Gasteiger partial charge on any atom is 0 e. The van der Waals surface area contributed by atoms with Crippen LogP contribution < -0.4 is 0 Å². The Kier molecular flexibility index (Phi) is 16.6. The molecule has 2 nitrogen and oxygen atoms in total. The summed E-state index contributed by atoms with van der Waals surface area (Å²) in [5, 5.41) is 2.40. The van der Waals surface area contributed by atoms with E-state index in [2.05, 4.69) is 29.8 Å². The van der Waals surface area contributed by atoms with Gasteiger partial charge in [-0.1, -0.05) is 0 Å². The van der Waals surface area contributed by atoms with E-state index in [0.29, 0.717) is 0 Å². The van der Waals surface area contributed by atoms with Crippen LogP contribution in [0.5, 0.6) is 0 Å². The van der Waals surface area contributed by atoms with Crippen LogP contribution in [-0.2, 0) is 52.5 Å². The van der Waals surface area contributed by atoms with Crippen molar-refractivity contribution in [3.05, 3.63) is 11.6 Å². The third kappa shape index (κ3) is 11.3. The summed E-state index contributed by atoms with van der Waals surface area (Å²) in [7, 11) is 0. The normalized spacial score (nSPS) is 3.40. The third-order valence-corrected chi connectivity index (χ3v) is 0.163. The molecule has 4 heteroatoms. The minimum atomic E-state index is 0. The van der Waals surface area contributed by atoms with E-state index in [0.717, 1.165) is 0 Å². The topological polar surface area (TPSA) is 13.6 Å². The van der Waals surface area contributed by atoms with E-state index in [1.807, 2.05) is 0 Å². The maximum Gasteiger partial charge on any atom is 0 e. The SMILES string of the molecule is [C-]#[N+][O][Ag].[Hg]. The van der Waals surface area contributed by atoms with E-state index in [4.69, 9.17) is 6.57 Å². The van der Waals surface area contributed by atoms with Crippen molar-refractivity contribution in [1.82, 2.24) is 0 Å². The summed E-state index contributed by atoms with van der Waals surface area (Å²) >= 11 is 2.41. The second kappa shape index (κ2) is 8.88. The molecule has 0 aromatic rings. The summed E-state index contributed by atoms with van der Waals surface area (Å²) in [6, 6.07) is 0. The number of rotatable bonds is 0. The first-order chi connectivity index (χ1) is 1.91. The average Bonchev–Trinajstić information content (AvgIpc) is 1.37. The van der Waals surface area contributed by atoms with Crippen LogP contribution in [0.2, 0.25) is 0 Å². The Balaban J connectivity index is 0. The fourth-order valence-electron chi connectivity index (χ4n) is 0. The molecule has 0 saturated carbocycles. The fraction of sp³-hybridized carbons (Fsp3) is 0. The Bertz CT molecular complexity index is 41.4. The van der Waals surface area contributed by atoms with Gasteiger partial charge in [0.05, 0.1) is 0 Å². The zero-order valence-electron chi connectivity index (χ0n) is 2.36. The van der Waals surface area contributed by atoms with Crippen LogP contribution in [0.25, 0.3) is 5.01 Å². The van der Waals surface area contributed by atoms with Crippen molar-refractivity contribution in [2.45, 2.75) is 0 Å². The quantitative estimate of drug-likeness (QED) is 0.348. The second-order valence-corrected chi connectivity index (χ2v) is 0.417. The Morgan fingerprint density at radius 2 is 2.00 bits per heavy atom. The van der Waals surface area contributed by atoms with Crippen LogP contribution in [0, 0.1) is 6.57 Å². The van der Waals surface area contributed by atoms with Crippen LogP contribution in [0.1, 0.15) is 0 Å². The van der Waals surface area contributed by atoms with Crippen molar-refractivity contribution in [1.29, 1.82) is 0 Å². The molecule has 0 saturated heterocycles. The van der Waals surface area contributed by atoms with Gasteiger partial charge in [-0.05, 0) is 0 Å². The predicted octanol–water partition coefficient (Wildman–Crippen LogP) is 0.297. The molecule has 0 aliphatic rings. The first-order valence-corrected chi connectivity index (χ1v) is 1.13. The molecule has 0 spiro atoms. The molecule has 0 heterocycles. The first-order valence-electron chi connectivity index (χ1n) is 0.529. The third-order valence-electron chi connectivity index (χ3n) is 0.0275. The van der Waals surface area contributed by atoms with E-state index in [1.165, 1.54) is 0 Å². The first kappa shape index (κ1) is 9.35. The van der Waals surface area contributed by atoms with Crippen LogP contribution >= 0.6 is 0 Å². The standard InChI is InChI=1S/CNO.Ag.Hg/c1-2-3;;/q-1;+1;. The van der Waals surface area contributed by atoms with Crippen molar-refractivity contribution < 1.29 is 52.5 Å². The summed E-state index contributed by atoms with van der Waals surface area (Å²) in [5.41, 5.74) is 0. The summed E-state index contributed by atoms with van der Waals surface area (Å²) in [6.45, 7) is 5.81. The van der Waals surface area contributed by atoms with Gasteiger partial charge in [0, 0.05) is 27.7 Å². The van der Waals surface area contributed by atoms with E-state index < -0.39 is 0 Å². The smallest absolute Gasteiger partial charge is 0 e. The molecule has 0 rings (SSSR count). The van der Waals surface area contributed by atoms with Crippen LogP contribution in [0.3, 0.4) is 0 Å². The van der Waals surface area contributed by atoms with Gasteiger partial charge in [-0.2, -0.15) is 0 Å². The average molecular weight is 350 g/mol. The number of nitrogens with zero attached hydrogens (tertiary/aromatic N) is 1. The molecule has 0 aliphatic carbocycles. The van der Waals surface area contributed by atoms with E-state index in [1.54, 1.807) is 0 Å². The molecule has 0 aromatic heterocycles. The van der Waals surface area contributed by atoms with Crippen LogP contribution in [-0.4, -0.2) is 0 Å². The van der Waals surface area contributed by atoms with E-state index in [-0.39, 0.29) is 27.7 Å². The summed E-state index contributed by atoms with van der Waals surface area (Å²) in [5.74, 6) is 0. The van der Waals surface area contributed by atoms with Crippen LogP contribution in [0.15, 0.2) is 0 Å². The molecule has 0 amide bonds. The van der Waals surface area contributed by atoms with Gasteiger partial charge in [0.15, 0.2) is 0 Å². The van der Waals surface area contributed by atoms with Gasteiger partial charge in [0.2, 0.25) is 0 Å². The molecule has 0 radical (unpaired) electrons. The molecule has 0 aromatic carbocycles. The molecule has 28 valence electrons. The van der Waals surface area contributed by atoms with E-state index in [9.17, 15) is 0 Å².